The summed E-state index contributed by atoms with van der Waals surface area (Å²) < 4.78 is 22.7. The molecule has 0 unspecified atom stereocenters. The molecule has 0 aliphatic heterocycles. The number of aryl methyl sites for hydroxylation is 1. The van der Waals surface area contributed by atoms with Crippen LogP contribution in [0, 0.1) is 0 Å². The zero-order valence-corrected chi connectivity index (χ0v) is 12.6. The number of nitrogens with zero attached hydrogens (tertiary/aromatic N) is 2. The highest BCUT2D eigenvalue weighted by Crippen LogP contribution is 2.10. The molecule has 21 heavy (non-hydrogen) atoms. The second-order valence-corrected chi connectivity index (χ2v) is 6.57. The predicted octanol–water partition coefficient (Wildman–Crippen LogP) is 0.701. The van der Waals surface area contributed by atoms with Crippen LogP contribution in [0.2, 0.25) is 0 Å². The molecule has 0 aliphatic rings. The van der Waals surface area contributed by atoms with Gasteiger partial charge in [-0.2, -0.15) is 0 Å². The van der Waals surface area contributed by atoms with Crippen molar-refractivity contribution in [3.8, 4) is 0 Å². The number of nitrogens with one attached hydrogen (secondary N) is 2. The van der Waals surface area contributed by atoms with E-state index >= 15 is 0 Å². The summed E-state index contributed by atoms with van der Waals surface area (Å²) in [5, 5.41) is 9.17. The number of aromatic amines is 1. The molecule has 2 N–H and O–H groups in total. The molecule has 1 amide bonds. The smallest absolute Gasteiger partial charge is 0.291 e. The Kier molecular flexibility index (Phi) is 4.37. The summed E-state index contributed by atoms with van der Waals surface area (Å²) in [5.41, 5.74) is 0.794. The zero-order chi connectivity index (χ0) is 15.5. The summed E-state index contributed by atoms with van der Waals surface area (Å²) in [7, 11) is -3.21. The molecule has 8 heteroatoms. The summed E-state index contributed by atoms with van der Waals surface area (Å²) in [4.78, 5) is 16.1. The second kappa shape index (κ2) is 6.04. The van der Waals surface area contributed by atoms with E-state index in [1.807, 2.05) is 6.92 Å². The lowest BCUT2D eigenvalue weighted by Crippen LogP contribution is -2.24. The van der Waals surface area contributed by atoms with E-state index in [4.69, 9.17) is 0 Å². The fourth-order valence-corrected chi connectivity index (χ4v) is 2.30. The average Bonchev–Trinajstić information content (AvgIpc) is 2.93. The Morgan fingerprint density at radius 2 is 1.95 bits per heavy atom. The van der Waals surface area contributed by atoms with Crippen molar-refractivity contribution in [1.29, 1.82) is 0 Å². The van der Waals surface area contributed by atoms with Gasteiger partial charge in [0.25, 0.3) is 5.91 Å². The van der Waals surface area contributed by atoms with Gasteiger partial charge in [0.15, 0.2) is 9.84 Å². The molecule has 0 aliphatic carbocycles. The molecule has 0 atom stereocenters. The number of rotatable bonds is 5. The minimum atomic E-state index is -3.21. The van der Waals surface area contributed by atoms with Crippen LogP contribution in [0.1, 0.15) is 28.9 Å². The maximum atomic E-state index is 11.8. The molecule has 0 bridgehead atoms. The van der Waals surface area contributed by atoms with Crippen molar-refractivity contribution >= 4 is 15.7 Å². The second-order valence-electron chi connectivity index (χ2n) is 4.56. The van der Waals surface area contributed by atoms with Crippen LogP contribution >= 0.6 is 0 Å². The molecule has 7 nitrogen and oxygen atoms in total. The standard InChI is InChI=1S/C13H16N4O3S/c1-3-11-15-12(17-16-11)13(18)14-8-9-4-6-10(7-5-9)21(2,19)20/h4-7H,3,8H2,1-2H3,(H,14,18)(H,15,16,17). The van der Waals surface area contributed by atoms with Crippen LogP contribution in [0.3, 0.4) is 0 Å². The van der Waals surface area contributed by atoms with Gasteiger partial charge in [-0.05, 0) is 17.7 Å². The Hall–Kier alpha value is -2.22. The maximum Gasteiger partial charge on any atom is 0.291 e. The topological polar surface area (TPSA) is 105 Å². The molecule has 0 saturated carbocycles. The average molecular weight is 308 g/mol. The van der Waals surface area contributed by atoms with Gasteiger partial charge in [-0.25, -0.2) is 13.4 Å². The van der Waals surface area contributed by atoms with E-state index in [-0.39, 0.29) is 23.2 Å². The molecule has 1 aromatic heterocycles. The van der Waals surface area contributed by atoms with Crippen molar-refractivity contribution in [1.82, 2.24) is 20.5 Å². The van der Waals surface area contributed by atoms with Crippen LogP contribution in [0.25, 0.3) is 0 Å². The van der Waals surface area contributed by atoms with Gasteiger partial charge in [0.2, 0.25) is 5.82 Å². The molecule has 0 saturated heterocycles. The third-order valence-corrected chi connectivity index (χ3v) is 4.00. The number of carbonyl (C=O) groups excluding carboxylic acids is 1. The zero-order valence-electron chi connectivity index (χ0n) is 11.8. The molecule has 0 radical (unpaired) electrons. The van der Waals surface area contributed by atoms with Crippen molar-refractivity contribution < 1.29 is 13.2 Å². The number of H-pyrrole nitrogens is 1. The predicted molar refractivity (Wildman–Crippen MR) is 76.5 cm³/mol. The highest BCUT2D eigenvalue weighted by atomic mass is 32.2. The van der Waals surface area contributed by atoms with Gasteiger partial charge in [0.05, 0.1) is 4.90 Å². The number of benzene rings is 1. The van der Waals surface area contributed by atoms with Crippen LogP contribution in [-0.4, -0.2) is 35.8 Å². The highest BCUT2D eigenvalue weighted by molar-refractivity contribution is 7.90. The first-order chi connectivity index (χ1) is 9.90. The third kappa shape index (κ3) is 3.88. The van der Waals surface area contributed by atoms with Gasteiger partial charge in [-0.3, -0.25) is 9.89 Å². The van der Waals surface area contributed by atoms with E-state index in [1.54, 1.807) is 12.1 Å². The first-order valence-electron chi connectivity index (χ1n) is 6.38. The van der Waals surface area contributed by atoms with Gasteiger partial charge in [0, 0.05) is 19.2 Å². The minimum Gasteiger partial charge on any atom is -0.345 e. The molecular weight excluding hydrogens is 292 g/mol. The number of carbonyl (C=O) groups is 1. The number of hydrogen-bond acceptors (Lipinski definition) is 5. The number of amides is 1. The summed E-state index contributed by atoms with van der Waals surface area (Å²) in [5.74, 6) is 0.371. The van der Waals surface area contributed by atoms with Gasteiger partial charge in [-0.1, -0.05) is 19.1 Å². The summed E-state index contributed by atoms with van der Waals surface area (Å²) in [6.45, 7) is 2.18. The monoisotopic (exact) mass is 308 g/mol. The normalized spacial score (nSPS) is 11.3. The van der Waals surface area contributed by atoms with Crippen molar-refractivity contribution in [3.63, 3.8) is 0 Å². The Morgan fingerprint density at radius 3 is 2.48 bits per heavy atom. The Balaban J connectivity index is 1.98. The fourth-order valence-electron chi connectivity index (χ4n) is 1.67. The van der Waals surface area contributed by atoms with Crippen LogP contribution < -0.4 is 5.32 Å². The van der Waals surface area contributed by atoms with Crippen molar-refractivity contribution in [2.75, 3.05) is 6.26 Å². The first-order valence-corrected chi connectivity index (χ1v) is 8.27. The first kappa shape index (κ1) is 15.2. The number of aromatic nitrogens is 3. The van der Waals surface area contributed by atoms with Crippen LogP contribution in [-0.2, 0) is 22.8 Å². The van der Waals surface area contributed by atoms with E-state index in [1.165, 1.54) is 12.1 Å². The SMILES string of the molecule is CCc1nc(C(=O)NCc2ccc(S(C)(=O)=O)cc2)n[nH]1. The fraction of sp³-hybridized carbons (Fsp3) is 0.308. The quantitative estimate of drug-likeness (QED) is 0.846. The molecule has 2 rings (SSSR count). The number of hydrogen-bond donors (Lipinski definition) is 2. The van der Waals surface area contributed by atoms with Gasteiger partial charge in [0.1, 0.15) is 5.82 Å². The largest absolute Gasteiger partial charge is 0.345 e. The lowest BCUT2D eigenvalue weighted by molar-refractivity contribution is 0.0941. The van der Waals surface area contributed by atoms with Gasteiger partial charge in [-0.15, -0.1) is 5.10 Å². The van der Waals surface area contributed by atoms with Crippen LogP contribution in [0.4, 0.5) is 0 Å². The van der Waals surface area contributed by atoms with E-state index in [0.29, 0.717) is 12.2 Å². The molecule has 112 valence electrons. The summed E-state index contributed by atoms with van der Waals surface area (Å²) in [6, 6.07) is 6.34. The van der Waals surface area contributed by atoms with Crippen molar-refractivity contribution in [3.05, 3.63) is 41.5 Å². The van der Waals surface area contributed by atoms with Gasteiger partial charge < -0.3 is 5.32 Å². The van der Waals surface area contributed by atoms with E-state index in [9.17, 15) is 13.2 Å². The van der Waals surface area contributed by atoms with Gasteiger partial charge >= 0.3 is 0 Å². The Labute approximate surface area is 122 Å². The van der Waals surface area contributed by atoms with Crippen molar-refractivity contribution in [2.45, 2.75) is 24.8 Å². The molecule has 1 aromatic carbocycles. The van der Waals surface area contributed by atoms with E-state index in [2.05, 4.69) is 20.5 Å². The maximum absolute atomic E-state index is 11.8. The Bertz CT molecular complexity index is 735. The summed E-state index contributed by atoms with van der Waals surface area (Å²) in [6.07, 6.45) is 1.82. The molecule has 0 spiro atoms. The van der Waals surface area contributed by atoms with E-state index in [0.717, 1.165) is 11.8 Å². The highest BCUT2D eigenvalue weighted by Gasteiger charge is 2.11. The lowest BCUT2D eigenvalue weighted by atomic mass is 10.2. The summed E-state index contributed by atoms with van der Waals surface area (Å²) >= 11 is 0. The molecular formula is C13H16N4O3S. The van der Waals surface area contributed by atoms with Crippen LogP contribution in [0.5, 0.6) is 0 Å². The Morgan fingerprint density at radius 1 is 1.29 bits per heavy atom. The minimum absolute atomic E-state index is 0.0969. The van der Waals surface area contributed by atoms with E-state index < -0.39 is 9.84 Å². The molecule has 1 heterocycles. The van der Waals surface area contributed by atoms with Crippen molar-refractivity contribution in [2.24, 2.45) is 0 Å². The molecule has 2 aromatic rings. The third-order valence-electron chi connectivity index (χ3n) is 2.87. The number of sulfone groups is 1. The molecule has 0 fully saturated rings. The van der Waals surface area contributed by atoms with Crippen LogP contribution in [0.15, 0.2) is 29.2 Å². The lowest BCUT2D eigenvalue weighted by Gasteiger charge is -2.04.